The number of hydrogen-bond donors (Lipinski definition) is 2. The van der Waals surface area contributed by atoms with E-state index in [2.05, 4.69) is 27.7 Å². The summed E-state index contributed by atoms with van der Waals surface area (Å²) in [5.74, 6) is -0.132. The highest BCUT2D eigenvalue weighted by Crippen LogP contribution is 2.56. The van der Waals surface area contributed by atoms with Crippen molar-refractivity contribution in [3.63, 3.8) is 0 Å². The molecular weight excluding hydrogens is 463 g/mol. The fourth-order valence-electron chi connectivity index (χ4n) is 5.53. The number of rotatable bonds is 13. The van der Waals surface area contributed by atoms with Crippen LogP contribution in [0.15, 0.2) is 48.5 Å². The SMILES string of the molecule is CCCCC(CC)C(OP(=O)(O)O)(c1ccccc1CC1OC1C)c1ccccc1CC1OC1C. The topological polar surface area (TPSA) is 91.8 Å². The minimum atomic E-state index is -4.88. The predicted octanol–water partition coefficient (Wildman–Crippen LogP) is 5.92. The standard InChI is InChI=1S/C28H39O6P/c1-5-7-14-23(6-2)28(34-35(29,30)31,24-15-10-8-12-21(24)17-26-19(3)32-26)25-16-11-9-13-22(25)18-27-20(4)33-27/h8-13,15-16,19-20,23,26-27H,5-7,14,17-18H2,1-4H3,(H2,29,30,31). The van der Waals surface area contributed by atoms with Gasteiger partial charge < -0.3 is 19.3 Å². The second kappa shape index (κ2) is 10.8. The molecule has 7 heteroatoms. The second-order valence-corrected chi connectivity index (χ2v) is 11.2. The van der Waals surface area contributed by atoms with Gasteiger partial charge in [0.05, 0.1) is 24.4 Å². The molecule has 4 rings (SSSR count). The van der Waals surface area contributed by atoms with Crippen LogP contribution in [0.1, 0.15) is 75.6 Å². The van der Waals surface area contributed by atoms with Gasteiger partial charge in [0.2, 0.25) is 0 Å². The summed E-state index contributed by atoms with van der Waals surface area (Å²) in [6.07, 6.45) is 5.39. The first kappa shape index (κ1) is 26.5. The van der Waals surface area contributed by atoms with Crippen molar-refractivity contribution >= 4 is 7.82 Å². The molecule has 0 aliphatic carbocycles. The lowest BCUT2D eigenvalue weighted by molar-refractivity contribution is 0.00568. The highest BCUT2D eigenvalue weighted by molar-refractivity contribution is 7.46. The van der Waals surface area contributed by atoms with E-state index in [-0.39, 0.29) is 30.3 Å². The molecule has 2 N–H and O–H groups in total. The summed E-state index contributed by atoms with van der Waals surface area (Å²) in [4.78, 5) is 20.7. The molecule has 0 radical (unpaired) electrons. The number of ether oxygens (including phenoxy) is 2. The summed E-state index contributed by atoms with van der Waals surface area (Å²) in [5, 5.41) is 0. The van der Waals surface area contributed by atoms with E-state index in [1.807, 2.05) is 48.5 Å². The van der Waals surface area contributed by atoms with Crippen LogP contribution in [-0.4, -0.2) is 34.2 Å². The quantitative estimate of drug-likeness (QED) is 0.261. The molecule has 0 spiro atoms. The number of phosphoric acid groups is 1. The third kappa shape index (κ3) is 6.07. The maximum atomic E-state index is 12.7. The van der Waals surface area contributed by atoms with Crippen LogP contribution in [0.3, 0.4) is 0 Å². The van der Waals surface area contributed by atoms with Gasteiger partial charge in [-0.15, -0.1) is 0 Å². The molecule has 2 fully saturated rings. The maximum Gasteiger partial charge on any atom is 0.470 e. The minimum Gasteiger partial charge on any atom is -0.370 e. The fourth-order valence-corrected chi connectivity index (χ4v) is 6.26. The first-order valence-corrected chi connectivity index (χ1v) is 14.5. The van der Waals surface area contributed by atoms with Crippen LogP contribution in [0.25, 0.3) is 0 Å². The zero-order chi connectivity index (χ0) is 25.2. The molecule has 5 atom stereocenters. The number of phosphoric ester groups is 1. The molecule has 2 aliphatic heterocycles. The normalized spacial score (nSPS) is 26.2. The van der Waals surface area contributed by atoms with Crippen LogP contribution in [0, 0.1) is 5.92 Å². The van der Waals surface area contributed by atoms with E-state index in [9.17, 15) is 14.4 Å². The summed E-state index contributed by atoms with van der Waals surface area (Å²) in [6.45, 7) is 8.32. The zero-order valence-corrected chi connectivity index (χ0v) is 22.1. The summed E-state index contributed by atoms with van der Waals surface area (Å²) in [6, 6.07) is 15.9. The van der Waals surface area contributed by atoms with Gasteiger partial charge in [0.15, 0.2) is 0 Å². The van der Waals surface area contributed by atoms with Crippen molar-refractivity contribution in [2.75, 3.05) is 0 Å². The lowest BCUT2D eigenvalue weighted by Crippen LogP contribution is -2.41. The van der Waals surface area contributed by atoms with Gasteiger partial charge >= 0.3 is 7.82 Å². The monoisotopic (exact) mass is 502 g/mol. The van der Waals surface area contributed by atoms with Gasteiger partial charge in [0.25, 0.3) is 0 Å². The van der Waals surface area contributed by atoms with Crippen molar-refractivity contribution in [2.45, 2.75) is 96.2 Å². The smallest absolute Gasteiger partial charge is 0.370 e. The molecule has 0 bridgehead atoms. The Kier molecular flexibility index (Phi) is 8.22. The maximum absolute atomic E-state index is 12.7. The van der Waals surface area contributed by atoms with Gasteiger partial charge in [0.1, 0.15) is 5.60 Å². The highest BCUT2D eigenvalue weighted by Gasteiger charge is 2.50. The first-order chi connectivity index (χ1) is 16.7. The summed E-state index contributed by atoms with van der Waals surface area (Å²) >= 11 is 0. The van der Waals surface area contributed by atoms with Crippen molar-refractivity contribution in [1.82, 2.24) is 0 Å². The van der Waals surface area contributed by atoms with Crippen LogP contribution in [0.2, 0.25) is 0 Å². The van der Waals surface area contributed by atoms with E-state index in [4.69, 9.17) is 14.0 Å². The fraction of sp³-hybridized carbons (Fsp3) is 0.571. The molecule has 2 aromatic rings. The van der Waals surface area contributed by atoms with E-state index in [0.29, 0.717) is 12.8 Å². The predicted molar refractivity (Wildman–Crippen MR) is 136 cm³/mol. The molecule has 2 heterocycles. The zero-order valence-electron chi connectivity index (χ0n) is 21.2. The Hall–Kier alpha value is -1.53. The Balaban J connectivity index is 1.95. The average molecular weight is 503 g/mol. The van der Waals surface area contributed by atoms with E-state index in [1.54, 1.807) is 0 Å². The van der Waals surface area contributed by atoms with E-state index in [1.165, 1.54) is 0 Å². The van der Waals surface area contributed by atoms with Gasteiger partial charge in [0, 0.05) is 12.8 Å². The molecule has 2 aromatic carbocycles. The van der Waals surface area contributed by atoms with Crippen LogP contribution >= 0.6 is 7.82 Å². The van der Waals surface area contributed by atoms with Gasteiger partial charge in [-0.1, -0.05) is 75.2 Å². The minimum absolute atomic E-state index is 0.107. The van der Waals surface area contributed by atoms with Gasteiger partial charge in [-0.2, -0.15) is 0 Å². The number of benzene rings is 2. The van der Waals surface area contributed by atoms with Crippen LogP contribution < -0.4 is 0 Å². The number of epoxide rings is 2. The van der Waals surface area contributed by atoms with Crippen molar-refractivity contribution in [3.05, 3.63) is 70.8 Å². The van der Waals surface area contributed by atoms with Crippen molar-refractivity contribution < 1.29 is 28.3 Å². The Bertz CT molecular complexity index is 988. The Morgan fingerprint density at radius 2 is 1.37 bits per heavy atom. The Labute approximate surface area is 209 Å². The molecule has 2 aliphatic rings. The van der Waals surface area contributed by atoms with Gasteiger partial charge in [-0.25, -0.2) is 4.57 Å². The molecule has 0 amide bonds. The van der Waals surface area contributed by atoms with Crippen molar-refractivity contribution in [3.8, 4) is 0 Å². The molecule has 192 valence electrons. The third-order valence-corrected chi connectivity index (χ3v) is 8.11. The Morgan fingerprint density at radius 1 is 0.914 bits per heavy atom. The lowest BCUT2D eigenvalue weighted by atomic mass is 9.69. The Morgan fingerprint density at radius 3 is 1.74 bits per heavy atom. The molecule has 35 heavy (non-hydrogen) atoms. The molecular formula is C28H39O6P. The first-order valence-electron chi connectivity index (χ1n) is 12.9. The van der Waals surface area contributed by atoms with Crippen molar-refractivity contribution in [1.29, 1.82) is 0 Å². The molecule has 6 nitrogen and oxygen atoms in total. The molecule has 5 unspecified atom stereocenters. The van der Waals surface area contributed by atoms with Crippen LogP contribution in [-0.2, 0) is 37.0 Å². The average Bonchev–Trinajstić information content (AvgIpc) is 3.71. The summed E-state index contributed by atoms with van der Waals surface area (Å²) in [7, 11) is -4.88. The van der Waals surface area contributed by atoms with Crippen LogP contribution in [0.4, 0.5) is 0 Å². The van der Waals surface area contributed by atoms with E-state index < -0.39 is 13.4 Å². The van der Waals surface area contributed by atoms with Crippen LogP contribution in [0.5, 0.6) is 0 Å². The van der Waals surface area contributed by atoms with Crippen molar-refractivity contribution in [2.24, 2.45) is 5.92 Å². The summed E-state index contributed by atoms with van der Waals surface area (Å²) < 4.78 is 30.2. The second-order valence-electron chi connectivity index (χ2n) is 10.0. The van der Waals surface area contributed by atoms with Gasteiger partial charge in [-0.05, 0) is 54.9 Å². The van der Waals surface area contributed by atoms with Gasteiger partial charge in [-0.3, -0.25) is 4.52 Å². The number of hydrogen-bond acceptors (Lipinski definition) is 4. The number of unbranched alkanes of at least 4 members (excludes halogenated alkanes) is 1. The lowest BCUT2D eigenvalue weighted by Gasteiger charge is -2.43. The largest absolute Gasteiger partial charge is 0.470 e. The van der Waals surface area contributed by atoms with E-state index in [0.717, 1.165) is 47.9 Å². The molecule has 2 saturated heterocycles. The molecule has 0 aromatic heterocycles. The molecule has 0 saturated carbocycles. The highest BCUT2D eigenvalue weighted by atomic mass is 31.2. The van der Waals surface area contributed by atoms with E-state index >= 15 is 0 Å². The third-order valence-electron chi connectivity index (χ3n) is 7.59. The summed E-state index contributed by atoms with van der Waals surface area (Å²) in [5.41, 5.74) is 2.37.